The highest BCUT2D eigenvalue weighted by atomic mass is 16.5. The summed E-state index contributed by atoms with van der Waals surface area (Å²) in [7, 11) is 1.52. The molecule has 0 bridgehead atoms. The van der Waals surface area contributed by atoms with E-state index in [1.54, 1.807) is 0 Å². The summed E-state index contributed by atoms with van der Waals surface area (Å²) in [4.78, 5) is 11.5. The molecule has 0 aromatic heterocycles. The predicted octanol–water partition coefficient (Wildman–Crippen LogP) is 0.585. The second-order valence-electron chi connectivity index (χ2n) is 3.77. The van der Waals surface area contributed by atoms with Crippen LogP contribution in [-0.4, -0.2) is 25.7 Å². The second kappa shape index (κ2) is 6.25. The molecule has 16 heavy (non-hydrogen) atoms. The van der Waals surface area contributed by atoms with Crippen LogP contribution < -0.4 is 11.1 Å². The van der Waals surface area contributed by atoms with E-state index < -0.39 is 6.04 Å². The van der Waals surface area contributed by atoms with E-state index in [-0.39, 0.29) is 12.5 Å². The van der Waals surface area contributed by atoms with Crippen LogP contribution in [0.15, 0.2) is 24.3 Å². The molecule has 1 rings (SSSR count). The predicted molar refractivity (Wildman–Crippen MR) is 62.9 cm³/mol. The maximum absolute atomic E-state index is 11.5. The number of rotatable bonds is 5. The van der Waals surface area contributed by atoms with Gasteiger partial charge < -0.3 is 15.8 Å². The van der Waals surface area contributed by atoms with Crippen LogP contribution >= 0.6 is 0 Å². The molecular formula is C12H18N2O2. The zero-order valence-corrected chi connectivity index (χ0v) is 9.69. The lowest BCUT2D eigenvalue weighted by atomic mass is 10.1. The molecular weight excluding hydrogens is 204 g/mol. The minimum atomic E-state index is -0.601. The van der Waals surface area contributed by atoms with Gasteiger partial charge in [-0.25, -0.2) is 0 Å². The molecule has 1 aromatic rings. The van der Waals surface area contributed by atoms with Gasteiger partial charge in [0.1, 0.15) is 6.04 Å². The maximum atomic E-state index is 11.5. The number of amides is 1. The molecule has 0 fully saturated rings. The fourth-order valence-corrected chi connectivity index (χ4v) is 1.28. The Kier molecular flexibility index (Phi) is 4.95. The number of methoxy groups -OCH3 is 1. The third kappa shape index (κ3) is 4.00. The number of aryl methyl sites for hydroxylation is 1. The van der Waals surface area contributed by atoms with Crippen LogP contribution in [0.5, 0.6) is 0 Å². The van der Waals surface area contributed by atoms with E-state index in [2.05, 4.69) is 5.32 Å². The molecule has 88 valence electrons. The first-order valence-electron chi connectivity index (χ1n) is 5.21. The highest BCUT2D eigenvalue weighted by Crippen LogP contribution is 2.02. The molecule has 3 N–H and O–H groups in total. The van der Waals surface area contributed by atoms with Gasteiger partial charge in [0.25, 0.3) is 0 Å². The van der Waals surface area contributed by atoms with E-state index in [1.165, 1.54) is 12.7 Å². The van der Waals surface area contributed by atoms with Gasteiger partial charge in [-0.05, 0) is 12.5 Å². The zero-order chi connectivity index (χ0) is 12.0. The molecule has 0 heterocycles. The molecule has 1 amide bonds. The van der Waals surface area contributed by atoms with Crippen molar-refractivity contribution in [1.29, 1.82) is 0 Å². The molecule has 0 spiro atoms. The van der Waals surface area contributed by atoms with Gasteiger partial charge in [-0.1, -0.05) is 29.8 Å². The third-order valence-corrected chi connectivity index (χ3v) is 2.27. The Morgan fingerprint density at radius 2 is 2.06 bits per heavy atom. The Bertz CT molecular complexity index is 335. The second-order valence-corrected chi connectivity index (χ2v) is 3.77. The van der Waals surface area contributed by atoms with Gasteiger partial charge in [0.2, 0.25) is 5.91 Å². The Morgan fingerprint density at radius 3 is 2.62 bits per heavy atom. The van der Waals surface area contributed by atoms with Crippen molar-refractivity contribution in [1.82, 2.24) is 5.32 Å². The molecule has 1 unspecified atom stereocenters. The lowest BCUT2D eigenvalue weighted by molar-refractivity contribution is -0.123. The molecule has 0 aliphatic carbocycles. The zero-order valence-electron chi connectivity index (χ0n) is 9.69. The van der Waals surface area contributed by atoms with E-state index in [0.29, 0.717) is 6.54 Å². The van der Waals surface area contributed by atoms with Gasteiger partial charge in [-0.3, -0.25) is 4.79 Å². The Balaban J connectivity index is 2.39. The smallest absolute Gasteiger partial charge is 0.239 e. The van der Waals surface area contributed by atoms with Crippen molar-refractivity contribution >= 4 is 5.91 Å². The topological polar surface area (TPSA) is 64.3 Å². The maximum Gasteiger partial charge on any atom is 0.239 e. The summed E-state index contributed by atoms with van der Waals surface area (Å²) in [6.07, 6.45) is 0. The Hall–Kier alpha value is -1.39. The standard InChI is InChI=1S/C12H18N2O2/c1-9-3-5-10(6-4-9)7-14-12(15)11(13)8-16-2/h3-6,11H,7-8,13H2,1-2H3,(H,14,15). The summed E-state index contributed by atoms with van der Waals surface area (Å²) >= 11 is 0. The first-order valence-corrected chi connectivity index (χ1v) is 5.21. The van der Waals surface area contributed by atoms with Crippen molar-refractivity contribution in [3.63, 3.8) is 0 Å². The SMILES string of the molecule is COCC(N)C(=O)NCc1ccc(C)cc1. The summed E-state index contributed by atoms with van der Waals surface area (Å²) in [6.45, 7) is 2.76. The van der Waals surface area contributed by atoms with Crippen LogP contribution in [0.4, 0.5) is 0 Å². The number of ether oxygens (including phenoxy) is 1. The number of hydrogen-bond acceptors (Lipinski definition) is 3. The highest BCUT2D eigenvalue weighted by Gasteiger charge is 2.11. The molecule has 0 saturated carbocycles. The molecule has 0 saturated heterocycles. The van der Waals surface area contributed by atoms with Crippen molar-refractivity contribution in [3.05, 3.63) is 35.4 Å². The number of carbonyl (C=O) groups excluding carboxylic acids is 1. The molecule has 1 atom stereocenters. The highest BCUT2D eigenvalue weighted by molar-refractivity contribution is 5.81. The van der Waals surface area contributed by atoms with Crippen LogP contribution in [0.3, 0.4) is 0 Å². The van der Waals surface area contributed by atoms with E-state index >= 15 is 0 Å². The largest absolute Gasteiger partial charge is 0.383 e. The van der Waals surface area contributed by atoms with Gasteiger partial charge in [0.15, 0.2) is 0 Å². The van der Waals surface area contributed by atoms with E-state index in [0.717, 1.165) is 5.56 Å². The van der Waals surface area contributed by atoms with Crippen molar-refractivity contribution in [2.45, 2.75) is 19.5 Å². The van der Waals surface area contributed by atoms with E-state index in [9.17, 15) is 4.79 Å². The summed E-state index contributed by atoms with van der Waals surface area (Å²) in [5, 5.41) is 2.76. The number of carbonyl (C=O) groups is 1. The first kappa shape index (κ1) is 12.7. The average Bonchev–Trinajstić information content (AvgIpc) is 2.28. The Morgan fingerprint density at radius 1 is 1.44 bits per heavy atom. The van der Waals surface area contributed by atoms with Gasteiger partial charge in [-0.15, -0.1) is 0 Å². The van der Waals surface area contributed by atoms with Crippen molar-refractivity contribution in [2.75, 3.05) is 13.7 Å². The number of nitrogens with two attached hydrogens (primary N) is 1. The van der Waals surface area contributed by atoms with Crippen molar-refractivity contribution in [3.8, 4) is 0 Å². The van der Waals surface area contributed by atoms with Crippen molar-refractivity contribution < 1.29 is 9.53 Å². The number of nitrogens with one attached hydrogen (secondary N) is 1. The van der Waals surface area contributed by atoms with Gasteiger partial charge in [-0.2, -0.15) is 0 Å². The molecule has 0 aliphatic heterocycles. The Labute approximate surface area is 95.8 Å². The quantitative estimate of drug-likeness (QED) is 0.766. The lowest BCUT2D eigenvalue weighted by Crippen LogP contribution is -2.43. The van der Waals surface area contributed by atoms with E-state index in [4.69, 9.17) is 10.5 Å². The number of hydrogen-bond donors (Lipinski definition) is 2. The fraction of sp³-hybridized carbons (Fsp3) is 0.417. The summed E-state index contributed by atoms with van der Waals surface area (Å²) in [5.74, 6) is -0.192. The molecule has 4 heteroatoms. The molecule has 0 radical (unpaired) electrons. The molecule has 4 nitrogen and oxygen atoms in total. The van der Waals surface area contributed by atoms with Crippen LogP contribution in [0, 0.1) is 6.92 Å². The van der Waals surface area contributed by atoms with Gasteiger partial charge in [0.05, 0.1) is 6.61 Å². The third-order valence-electron chi connectivity index (χ3n) is 2.27. The first-order chi connectivity index (χ1) is 7.63. The summed E-state index contributed by atoms with van der Waals surface area (Å²) in [6, 6.07) is 7.39. The summed E-state index contributed by atoms with van der Waals surface area (Å²) in [5.41, 5.74) is 7.84. The molecule has 1 aromatic carbocycles. The molecule has 0 aliphatic rings. The van der Waals surface area contributed by atoms with Crippen LogP contribution in [-0.2, 0) is 16.1 Å². The minimum absolute atomic E-state index is 0.192. The monoisotopic (exact) mass is 222 g/mol. The number of benzene rings is 1. The fourth-order valence-electron chi connectivity index (χ4n) is 1.28. The van der Waals surface area contributed by atoms with Crippen molar-refractivity contribution in [2.24, 2.45) is 5.73 Å². The normalized spacial score (nSPS) is 12.2. The van der Waals surface area contributed by atoms with E-state index in [1.807, 2.05) is 31.2 Å². The van der Waals surface area contributed by atoms with Gasteiger partial charge >= 0.3 is 0 Å². The van der Waals surface area contributed by atoms with Crippen LogP contribution in [0.25, 0.3) is 0 Å². The van der Waals surface area contributed by atoms with Crippen LogP contribution in [0.1, 0.15) is 11.1 Å². The average molecular weight is 222 g/mol. The van der Waals surface area contributed by atoms with Crippen LogP contribution in [0.2, 0.25) is 0 Å². The van der Waals surface area contributed by atoms with Gasteiger partial charge in [0, 0.05) is 13.7 Å². The lowest BCUT2D eigenvalue weighted by Gasteiger charge is -2.11. The summed E-state index contributed by atoms with van der Waals surface area (Å²) < 4.78 is 4.81. The minimum Gasteiger partial charge on any atom is -0.383 e.